The van der Waals surface area contributed by atoms with Crippen molar-refractivity contribution in [2.45, 2.75) is 10.5 Å². The van der Waals surface area contributed by atoms with Crippen molar-refractivity contribution in [3.8, 4) is 11.5 Å². The molecular formula is C22H17N3O2S. The summed E-state index contributed by atoms with van der Waals surface area (Å²) in [6, 6.07) is 28.5. The van der Waals surface area contributed by atoms with Crippen molar-refractivity contribution in [2.24, 2.45) is 0 Å². The number of nitrogens with zero attached hydrogens (tertiary/aromatic N) is 2. The highest BCUT2D eigenvalue weighted by Gasteiger charge is 2.25. The Morgan fingerprint density at radius 1 is 0.821 bits per heavy atom. The van der Waals surface area contributed by atoms with Crippen LogP contribution in [0.25, 0.3) is 11.5 Å². The molecule has 4 rings (SSSR count). The fourth-order valence-corrected chi connectivity index (χ4v) is 3.56. The van der Waals surface area contributed by atoms with Gasteiger partial charge in [-0.25, -0.2) is 0 Å². The van der Waals surface area contributed by atoms with Gasteiger partial charge in [-0.2, -0.15) is 0 Å². The quantitative estimate of drug-likeness (QED) is 0.460. The number of hydrogen-bond acceptors (Lipinski definition) is 5. The minimum absolute atomic E-state index is 0.151. The van der Waals surface area contributed by atoms with Crippen LogP contribution in [0.3, 0.4) is 0 Å². The predicted octanol–water partition coefficient (Wildman–Crippen LogP) is 5.21. The summed E-state index contributed by atoms with van der Waals surface area (Å²) in [4.78, 5) is 13.0. The minimum Gasteiger partial charge on any atom is -0.411 e. The van der Waals surface area contributed by atoms with Crippen LogP contribution in [0.2, 0.25) is 0 Å². The predicted molar refractivity (Wildman–Crippen MR) is 110 cm³/mol. The van der Waals surface area contributed by atoms with Gasteiger partial charge in [0, 0.05) is 11.3 Å². The third-order valence-electron chi connectivity index (χ3n) is 4.03. The summed E-state index contributed by atoms with van der Waals surface area (Å²) in [5, 5.41) is 11.0. The van der Waals surface area contributed by atoms with Crippen LogP contribution in [0.15, 0.2) is 101 Å². The summed E-state index contributed by atoms with van der Waals surface area (Å²) >= 11 is 1.23. The van der Waals surface area contributed by atoms with Crippen LogP contribution in [0.4, 0.5) is 5.69 Å². The van der Waals surface area contributed by atoms with Crippen molar-refractivity contribution < 1.29 is 9.21 Å². The molecule has 138 valence electrons. The molecule has 1 unspecified atom stereocenters. The van der Waals surface area contributed by atoms with Crippen molar-refractivity contribution in [2.75, 3.05) is 5.32 Å². The number of benzene rings is 3. The average Bonchev–Trinajstić information content (AvgIpc) is 3.23. The first-order chi connectivity index (χ1) is 13.8. The minimum atomic E-state index is -0.523. The zero-order chi connectivity index (χ0) is 19.2. The van der Waals surface area contributed by atoms with Crippen LogP contribution in [0.1, 0.15) is 10.8 Å². The third kappa shape index (κ3) is 4.29. The highest BCUT2D eigenvalue weighted by atomic mass is 32.2. The molecule has 6 heteroatoms. The number of anilines is 1. The standard InChI is InChI=1S/C22H17N3O2S/c26-20(23-18-14-8-3-9-15-18)19(16-10-4-1-5-11-16)28-22-25-24-21(27-22)17-12-6-2-7-13-17/h1-15,19H,(H,23,26). The molecule has 0 aliphatic carbocycles. The van der Waals surface area contributed by atoms with Crippen LogP contribution in [0.5, 0.6) is 0 Å². The van der Waals surface area contributed by atoms with Gasteiger partial charge >= 0.3 is 0 Å². The Morgan fingerprint density at radius 2 is 1.43 bits per heavy atom. The lowest BCUT2D eigenvalue weighted by molar-refractivity contribution is -0.115. The summed E-state index contributed by atoms with van der Waals surface area (Å²) in [6.45, 7) is 0. The van der Waals surface area contributed by atoms with E-state index < -0.39 is 5.25 Å². The molecule has 1 aromatic heterocycles. The molecule has 0 aliphatic rings. The first-order valence-corrected chi connectivity index (χ1v) is 9.64. The molecule has 28 heavy (non-hydrogen) atoms. The van der Waals surface area contributed by atoms with Gasteiger partial charge in [0.2, 0.25) is 11.8 Å². The van der Waals surface area contributed by atoms with Crippen molar-refractivity contribution in [1.29, 1.82) is 0 Å². The zero-order valence-corrected chi connectivity index (χ0v) is 15.7. The Labute approximate surface area is 166 Å². The van der Waals surface area contributed by atoms with Gasteiger partial charge in [-0.1, -0.05) is 66.7 Å². The molecular weight excluding hydrogens is 370 g/mol. The number of carbonyl (C=O) groups excluding carboxylic acids is 1. The summed E-state index contributed by atoms with van der Waals surface area (Å²) < 4.78 is 5.78. The molecule has 1 heterocycles. The summed E-state index contributed by atoms with van der Waals surface area (Å²) in [7, 11) is 0. The van der Waals surface area contributed by atoms with E-state index in [1.54, 1.807) is 0 Å². The molecule has 0 fully saturated rings. The van der Waals surface area contributed by atoms with Gasteiger partial charge in [0.25, 0.3) is 5.22 Å². The van der Waals surface area contributed by atoms with E-state index in [-0.39, 0.29) is 5.91 Å². The molecule has 3 aromatic carbocycles. The van der Waals surface area contributed by atoms with E-state index in [1.807, 2.05) is 91.0 Å². The van der Waals surface area contributed by atoms with E-state index in [4.69, 9.17) is 4.42 Å². The summed E-state index contributed by atoms with van der Waals surface area (Å²) in [5.41, 5.74) is 2.44. The number of aromatic nitrogens is 2. The van der Waals surface area contributed by atoms with E-state index in [0.717, 1.165) is 16.8 Å². The fourth-order valence-electron chi connectivity index (χ4n) is 2.69. The topological polar surface area (TPSA) is 68.0 Å². The largest absolute Gasteiger partial charge is 0.411 e. The maximum atomic E-state index is 13.0. The Balaban J connectivity index is 1.58. The van der Waals surface area contributed by atoms with E-state index in [2.05, 4.69) is 15.5 Å². The van der Waals surface area contributed by atoms with E-state index in [9.17, 15) is 4.79 Å². The second kappa shape index (κ2) is 8.54. The molecule has 1 atom stereocenters. The van der Waals surface area contributed by atoms with Crippen LogP contribution in [-0.2, 0) is 4.79 Å². The van der Waals surface area contributed by atoms with Gasteiger partial charge in [0.15, 0.2) is 0 Å². The van der Waals surface area contributed by atoms with Crippen LogP contribution in [-0.4, -0.2) is 16.1 Å². The van der Waals surface area contributed by atoms with Crippen molar-refractivity contribution in [1.82, 2.24) is 10.2 Å². The second-order valence-electron chi connectivity index (χ2n) is 6.00. The average molecular weight is 387 g/mol. The maximum absolute atomic E-state index is 13.0. The number of rotatable bonds is 6. The number of thioether (sulfide) groups is 1. The normalized spacial score (nSPS) is 11.7. The van der Waals surface area contributed by atoms with Gasteiger partial charge in [-0.05, 0) is 41.6 Å². The van der Waals surface area contributed by atoms with E-state index >= 15 is 0 Å². The molecule has 0 radical (unpaired) electrons. The molecule has 0 bridgehead atoms. The highest BCUT2D eigenvalue weighted by Crippen LogP contribution is 2.36. The number of para-hydroxylation sites is 1. The van der Waals surface area contributed by atoms with Crippen LogP contribution < -0.4 is 5.32 Å². The SMILES string of the molecule is O=C(Nc1ccccc1)C(Sc1nnc(-c2ccccc2)o1)c1ccccc1. The Hall–Kier alpha value is -3.38. The molecule has 5 nitrogen and oxygen atoms in total. The lowest BCUT2D eigenvalue weighted by Crippen LogP contribution is -2.19. The maximum Gasteiger partial charge on any atom is 0.277 e. The van der Waals surface area contributed by atoms with Crippen molar-refractivity contribution in [3.63, 3.8) is 0 Å². The smallest absolute Gasteiger partial charge is 0.277 e. The lowest BCUT2D eigenvalue weighted by Gasteiger charge is -2.15. The monoisotopic (exact) mass is 387 g/mol. The second-order valence-corrected chi connectivity index (χ2v) is 7.06. The van der Waals surface area contributed by atoms with Gasteiger partial charge in [-0.3, -0.25) is 4.79 Å². The van der Waals surface area contributed by atoms with Gasteiger partial charge in [0.1, 0.15) is 5.25 Å². The molecule has 0 aliphatic heterocycles. The summed E-state index contributed by atoms with van der Waals surface area (Å²) in [5.74, 6) is 0.278. The van der Waals surface area contributed by atoms with Crippen LogP contribution in [0, 0.1) is 0 Å². The highest BCUT2D eigenvalue weighted by molar-refractivity contribution is 8.00. The van der Waals surface area contributed by atoms with Crippen molar-refractivity contribution in [3.05, 3.63) is 96.6 Å². The number of hydrogen-bond donors (Lipinski definition) is 1. The molecule has 0 saturated carbocycles. The molecule has 0 saturated heterocycles. The Bertz CT molecular complexity index is 1040. The Morgan fingerprint density at radius 3 is 2.11 bits per heavy atom. The Kier molecular flexibility index (Phi) is 5.49. The van der Waals surface area contributed by atoms with E-state index in [0.29, 0.717) is 11.1 Å². The molecule has 1 N–H and O–H groups in total. The molecule has 4 aromatic rings. The van der Waals surface area contributed by atoms with Gasteiger partial charge in [-0.15, -0.1) is 10.2 Å². The van der Waals surface area contributed by atoms with E-state index in [1.165, 1.54) is 11.8 Å². The molecule has 0 spiro atoms. The van der Waals surface area contributed by atoms with Gasteiger partial charge in [0.05, 0.1) is 0 Å². The lowest BCUT2D eigenvalue weighted by atomic mass is 10.1. The summed E-state index contributed by atoms with van der Waals surface area (Å²) in [6.07, 6.45) is 0. The first-order valence-electron chi connectivity index (χ1n) is 8.76. The first kappa shape index (κ1) is 18.0. The fraction of sp³-hybridized carbons (Fsp3) is 0.0455. The zero-order valence-electron chi connectivity index (χ0n) is 14.9. The van der Waals surface area contributed by atoms with Gasteiger partial charge < -0.3 is 9.73 Å². The third-order valence-corrected chi connectivity index (χ3v) is 5.12. The number of carbonyl (C=O) groups is 1. The molecule has 1 amide bonds. The number of amides is 1. The van der Waals surface area contributed by atoms with Crippen LogP contribution >= 0.6 is 11.8 Å². The number of nitrogens with one attached hydrogen (secondary N) is 1. The van der Waals surface area contributed by atoms with Crippen molar-refractivity contribution >= 4 is 23.4 Å².